The zero-order valence-corrected chi connectivity index (χ0v) is 17.5. The predicted octanol–water partition coefficient (Wildman–Crippen LogP) is 2.19. The molecular weight excluding hydrogens is 376 g/mol. The van der Waals surface area contributed by atoms with Gasteiger partial charge in [0.2, 0.25) is 10.0 Å². The zero-order valence-electron chi connectivity index (χ0n) is 16.7. The summed E-state index contributed by atoms with van der Waals surface area (Å²) in [6, 6.07) is 9.13. The van der Waals surface area contributed by atoms with Gasteiger partial charge in [0.25, 0.3) is 5.91 Å². The largest absolute Gasteiger partial charge is 0.338 e. The molecule has 1 aromatic heterocycles. The number of aryl methyl sites for hydroxylation is 2. The predicted molar refractivity (Wildman–Crippen MR) is 108 cm³/mol. The zero-order chi connectivity index (χ0) is 20.3. The van der Waals surface area contributed by atoms with Gasteiger partial charge in [0.15, 0.2) is 0 Å². The monoisotopic (exact) mass is 404 g/mol. The first kappa shape index (κ1) is 20.5. The molecule has 0 saturated carbocycles. The van der Waals surface area contributed by atoms with Gasteiger partial charge < -0.3 is 4.90 Å². The van der Waals surface area contributed by atoms with Crippen LogP contribution in [0.25, 0.3) is 0 Å². The first-order valence-electron chi connectivity index (χ1n) is 9.57. The van der Waals surface area contributed by atoms with E-state index in [1.807, 2.05) is 42.2 Å². The van der Waals surface area contributed by atoms with Gasteiger partial charge in [0.1, 0.15) is 0 Å². The van der Waals surface area contributed by atoms with Crippen molar-refractivity contribution in [2.75, 3.05) is 20.1 Å². The average Bonchev–Trinajstić information content (AvgIpc) is 2.85. The first-order chi connectivity index (χ1) is 13.3. The Balaban J connectivity index is 1.65. The maximum Gasteiger partial charge on any atom is 0.257 e. The quantitative estimate of drug-likeness (QED) is 0.766. The smallest absolute Gasteiger partial charge is 0.257 e. The number of amides is 1. The highest BCUT2D eigenvalue weighted by atomic mass is 32.2. The van der Waals surface area contributed by atoms with Gasteiger partial charge in [-0.25, -0.2) is 12.7 Å². The third kappa shape index (κ3) is 4.62. The number of hydrogen-bond donors (Lipinski definition) is 0. The number of likely N-dealkylation sites (tertiary alicyclic amines) is 1. The Morgan fingerprint density at radius 3 is 2.57 bits per heavy atom. The third-order valence-electron chi connectivity index (χ3n) is 5.37. The maximum atomic E-state index is 12.8. The molecule has 3 rings (SSSR count). The molecule has 1 atom stereocenters. The van der Waals surface area contributed by atoms with Gasteiger partial charge in [-0.2, -0.15) is 5.10 Å². The van der Waals surface area contributed by atoms with Crippen LogP contribution in [0.2, 0.25) is 0 Å². The standard InChI is InChI=1S/C20H28N4O3S/c1-16-19(14-22(2)21-16)20(25)24-12-7-10-18(11-13-24)23(3)28(26,27)15-17-8-5-4-6-9-17/h4-6,8-9,14,18H,7,10-13,15H2,1-3H3. The average molecular weight is 405 g/mol. The number of nitrogens with zero attached hydrogens (tertiary/aromatic N) is 4. The lowest BCUT2D eigenvalue weighted by atomic mass is 10.1. The van der Waals surface area contributed by atoms with Gasteiger partial charge in [0, 0.05) is 39.4 Å². The lowest BCUT2D eigenvalue weighted by Crippen LogP contribution is -2.39. The molecule has 1 aliphatic heterocycles. The SMILES string of the molecule is Cc1nn(C)cc1C(=O)N1CCCC(N(C)S(=O)(=O)Cc2ccccc2)CC1. The van der Waals surface area contributed by atoms with Gasteiger partial charge in [-0.3, -0.25) is 9.48 Å². The summed E-state index contributed by atoms with van der Waals surface area (Å²) >= 11 is 0. The Morgan fingerprint density at radius 1 is 1.21 bits per heavy atom. The topological polar surface area (TPSA) is 75.5 Å². The summed E-state index contributed by atoms with van der Waals surface area (Å²) in [5, 5.41) is 4.25. The second-order valence-electron chi connectivity index (χ2n) is 7.44. The molecule has 0 bridgehead atoms. The van der Waals surface area contributed by atoms with Crippen LogP contribution in [0.3, 0.4) is 0 Å². The molecule has 8 heteroatoms. The van der Waals surface area contributed by atoms with E-state index in [0.29, 0.717) is 25.1 Å². The van der Waals surface area contributed by atoms with Gasteiger partial charge in [-0.1, -0.05) is 30.3 Å². The first-order valence-corrected chi connectivity index (χ1v) is 11.2. The Labute approximate surface area is 167 Å². The minimum absolute atomic E-state index is 0.00162. The summed E-state index contributed by atoms with van der Waals surface area (Å²) < 4.78 is 28.8. The van der Waals surface area contributed by atoms with Gasteiger partial charge >= 0.3 is 0 Å². The third-order valence-corrected chi connectivity index (χ3v) is 7.25. The van der Waals surface area contributed by atoms with Crippen molar-refractivity contribution in [1.29, 1.82) is 0 Å². The summed E-state index contributed by atoms with van der Waals surface area (Å²) in [6.07, 6.45) is 3.91. The van der Waals surface area contributed by atoms with Crippen molar-refractivity contribution in [2.24, 2.45) is 7.05 Å². The van der Waals surface area contributed by atoms with Crippen LogP contribution in [0.1, 0.15) is 40.9 Å². The molecule has 1 amide bonds. The molecule has 152 valence electrons. The molecule has 0 spiro atoms. The molecule has 28 heavy (non-hydrogen) atoms. The summed E-state index contributed by atoms with van der Waals surface area (Å²) in [6.45, 7) is 3.01. The van der Waals surface area contributed by atoms with Crippen molar-refractivity contribution >= 4 is 15.9 Å². The van der Waals surface area contributed by atoms with E-state index in [1.54, 1.807) is 25.0 Å². The van der Waals surface area contributed by atoms with Crippen LogP contribution in [0, 0.1) is 6.92 Å². The normalized spacial score (nSPS) is 18.3. The van der Waals surface area contributed by atoms with Crippen LogP contribution in [0.15, 0.2) is 36.5 Å². The molecule has 0 aliphatic carbocycles. The Morgan fingerprint density at radius 2 is 1.93 bits per heavy atom. The van der Waals surface area contributed by atoms with Crippen LogP contribution < -0.4 is 0 Å². The molecule has 1 unspecified atom stereocenters. The highest BCUT2D eigenvalue weighted by Crippen LogP contribution is 2.22. The van der Waals surface area contributed by atoms with Crippen molar-refractivity contribution in [3.8, 4) is 0 Å². The van der Waals surface area contributed by atoms with Crippen molar-refractivity contribution < 1.29 is 13.2 Å². The molecule has 2 heterocycles. The highest BCUT2D eigenvalue weighted by molar-refractivity contribution is 7.88. The fraction of sp³-hybridized carbons (Fsp3) is 0.500. The number of carbonyl (C=O) groups is 1. The molecule has 1 aliphatic rings. The van der Waals surface area contributed by atoms with E-state index < -0.39 is 10.0 Å². The molecule has 1 fully saturated rings. The summed E-state index contributed by atoms with van der Waals surface area (Å²) in [5.74, 6) is -0.0284. The van der Waals surface area contributed by atoms with E-state index in [0.717, 1.165) is 24.1 Å². The van der Waals surface area contributed by atoms with Gasteiger partial charge in [-0.05, 0) is 31.7 Å². The van der Waals surface area contributed by atoms with Crippen LogP contribution in [0.4, 0.5) is 0 Å². The minimum Gasteiger partial charge on any atom is -0.338 e. The Kier molecular flexibility index (Phi) is 6.20. The minimum atomic E-state index is -3.41. The summed E-state index contributed by atoms with van der Waals surface area (Å²) in [5.41, 5.74) is 2.12. The van der Waals surface area contributed by atoms with Crippen LogP contribution in [-0.2, 0) is 22.8 Å². The number of sulfonamides is 1. The lowest BCUT2D eigenvalue weighted by Gasteiger charge is -2.26. The van der Waals surface area contributed by atoms with Crippen LogP contribution in [-0.4, -0.2) is 59.5 Å². The summed E-state index contributed by atoms with van der Waals surface area (Å²) in [7, 11) is 0.0529. The number of carbonyl (C=O) groups excluding carboxylic acids is 1. The van der Waals surface area contributed by atoms with Crippen LogP contribution in [0.5, 0.6) is 0 Å². The van der Waals surface area contributed by atoms with E-state index in [1.165, 1.54) is 4.31 Å². The second kappa shape index (κ2) is 8.45. The number of hydrogen-bond acceptors (Lipinski definition) is 4. The van der Waals surface area contributed by atoms with E-state index in [9.17, 15) is 13.2 Å². The molecule has 7 nitrogen and oxygen atoms in total. The Bertz CT molecular complexity index is 924. The van der Waals surface area contributed by atoms with Crippen molar-refractivity contribution in [3.05, 3.63) is 53.3 Å². The number of rotatable bonds is 5. The van der Waals surface area contributed by atoms with E-state index in [2.05, 4.69) is 5.10 Å². The van der Waals surface area contributed by atoms with Crippen LogP contribution >= 0.6 is 0 Å². The fourth-order valence-electron chi connectivity index (χ4n) is 3.74. The molecule has 0 N–H and O–H groups in total. The van der Waals surface area contributed by atoms with E-state index in [-0.39, 0.29) is 17.7 Å². The maximum absolute atomic E-state index is 12.8. The lowest BCUT2D eigenvalue weighted by molar-refractivity contribution is 0.0759. The summed E-state index contributed by atoms with van der Waals surface area (Å²) in [4.78, 5) is 14.7. The van der Waals surface area contributed by atoms with Gasteiger partial charge in [0.05, 0.1) is 17.0 Å². The molecule has 1 saturated heterocycles. The fourth-order valence-corrected chi connectivity index (χ4v) is 5.22. The molecule has 1 aromatic carbocycles. The molecule has 0 radical (unpaired) electrons. The van der Waals surface area contributed by atoms with Gasteiger partial charge in [-0.15, -0.1) is 0 Å². The number of aromatic nitrogens is 2. The van der Waals surface area contributed by atoms with Crippen molar-refractivity contribution in [1.82, 2.24) is 19.0 Å². The molecular formula is C20H28N4O3S. The Hall–Kier alpha value is -2.19. The second-order valence-corrected chi connectivity index (χ2v) is 9.47. The van der Waals surface area contributed by atoms with Crippen molar-refractivity contribution in [3.63, 3.8) is 0 Å². The molecule has 2 aromatic rings. The highest BCUT2D eigenvalue weighted by Gasteiger charge is 2.30. The van der Waals surface area contributed by atoms with Crippen molar-refractivity contribution in [2.45, 2.75) is 38.0 Å². The van der Waals surface area contributed by atoms with E-state index in [4.69, 9.17) is 0 Å². The van der Waals surface area contributed by atoms with E-state index >= 15 is 0 Å². The number of benzene rings is 1.